The number of rotatable bonds is 9. The Balaban J connectivity index is 1.85. The maximum absolute atomic E-state index is 6.37. The molecule has 0 saturated carbocycles. The molecule has 0 atom stereocenters. The Labute approximate surface area is 177 Å². The van der Waals surface area contributed by atoms with Crippen molar-refractivity contribution in [1.82, 2.24) is 9.88 Å². The zero-order valence-electron chi connectivity index (χ0n) is 17.1. The standard InChI is InChI=1S/C23H27ClN4O/c1-17-14-19(24)23(26-15-17)27-21-11-7-10-20(22(21)29-13-12-28(2)3)25-16-18-8-5-4-6-9-18/h4-11,14-15,25H,12-13,16H2,1-3H3,(H,26,27). The van der Waals surface area contributed by atoms with Crippen LogP contribution in [-0.2, 0) is 6.54 Å². The Kier molecular flexibility index (Phi) is 7.33. The van der Waals surface area contributed by atoms with Crippen LogP contribution in [0.4, 0.5) is 17.2 Å². The minimum absolute atomic E-state index is 0.570. The van der Waals surface area contributed by atoms with Crippen molar-refractivity contribution in [1.29, 1.82) is 0 Å². The molecule has 1 aromatic heterocycles. The summed E-state index contributed by atoms with van der Waals surface area (Å²) < 4.78 is 6.17. The van der Waals surface area contributed by atoms with Crippen LogP contribution < -0.4 is 15.4 Å². The van der Waals surface area contributed by atoms with E-state index >= 15 is 0 Å². The van der Waals surface area contributed by atoms with Gasteiger partial charge in [0.1, 0.15) is 12.4 Å². The van der Waals surface area contributed by atoms with E-state index in [1.165, 1.54) is 5.56 Å². The molecule has 5 nitrogen and oxygen atoms in total. The average molecular weight is 411 g/mol. The van der Waals surface area contributed by atoms with Gasteiger partial charge in [0.05, 0.1) is 16.4 Å². The van der Waals surface area contributed by atoms with Crippen LogP contribution >= 0.6 is 11.6 Å². The van der Waals surface area contributed by atoms with Gasteiger partial charge in [0.15, 0.2) is 5.75 Å². The number of halogens is 1. The summed E-state index contributed by atoms with van der Waals surface area (Å²) in [5, 5.41) is 7.38. The number of ether oxygens (including phenoxy) is 1. The minimum atomic E-state index is 0.570. The molecule has 0 spiro atoms. The monoisotopic (exact) mass is 410 g/mol. The molecule has 29 heavy (non-hydrogen) atoms. The fourth-order valence-electron chi connectivity index (χ4n) is 2.81. The van der Waals surface area contributed by atoms with Crippen molar-refractivity contribution in [3.05, 3.63) is 76.9 Å². The Bertz CT molecular complexity index is 931. The predicted molar refractivity (Wildman–Crippen MR) is 122 cm³/mol. The molecule has 3 aromatic rings. The van der Waals surface area contributed by atoms with Crippen molar-refractivity contribution in [3.63, 3.8) is 0 Å². The normalized spacial score (nSPS) is 10.8. The second-order valence-corrected chi connectivity index (χ2v) is 7.55. The molecule has 0 aliphatic heterocycles. The van der Waals surface area contributed by atoms with Crippen molar-refractivity contribution in [2.24, 2.45) is 0 Å². The van der Waals surface area contributed by atoms with Gasteiger partial charge in [0.2, 0.25) is 0 Å². The maximum atomic E-state index is 6.37. The van der Waals surface area contributed by atoms with Gasteiger partial charge in [-0.1, -0.05) is 48.0 Å². The lowest BCUT2D eigenvalue weighted by Crippen LogP contribution is -2.20. The Morgan fingerprint density at radius 3 is 2.52 bits per heavy atom. The Hall–Kier alpha value is -2.76. The van der Waals surface area contributed by atoms with E-state index in [-0.39, 0.29) is 0 Å². The third-order valence-corrected chi connectivity index (χ3v) is 4.64. The molecule has 0 radical (unpaired) electrons. The highest BCUT2D eigenvalue weighted by Crippen LogP contribution is 2.36. The molecule has 2 aromatic carbocycles. The van der Waals surface area contributed by atoms with Gasteiger partial charge in [0.25, 0.3) is 0 Å². The molecule has 0 aliphatic carbocycles. The lowest BCUT2D eigenvalue weighted by molar-refractivity contribution is 0.263. The van der Waals surface area contributed by atoms with Gasteiger partial charge in [-0.05, 0) is 50.3 Å². The highest BCUT2D eigenvalue weighted by atomic mass is 35.5. The van der Waals surface area contributed by atoms with Gasteiger partial charge < -0.3 is 20.3 Å². The summed E-state index contributed by atoms with van der Waals surface area (Å²) in [7, 11) is 4.05. The van der Waals surface area contributed by atoms with Gasteiger partial charge in [-0.25, -0.2) is 4.98 Å². The summed E-state index contributed by atoms with van der Waals surface area (Å²) in [6.07, 6.45) is 1.79. The summed E-state index contributed by atoms with van der Waals surface area (Å²) in [6, 6.07) is 18.1. The lowest BCUT2D eigenvalue weighted by atomic mass is 10.2. The maximum Gasteiger partial charge on any atom is 0.165 e. The van der Waals surface area contributed by atoms with E-state index in [2.05, 4.69) is 32.7 Å². The first-order valence-electron chi connectivity index (χ1n) is 9.60. The molecule has 152 valence electrons. The fraction of sp³-hybridized carbons (Fsp3) is 0.261. The Morgan fingerprint density at radius 2 is 1.79 bits per heavy atom. The van der Waals surface area contributed by atoms with E-state index < -0.39 is 0 Å². The Morgan fingerprint density at radius 1 is 1.03 bits per heavy atom. The third-order valence-electron chi connectivity index (χ3n) is 4.36. The quantitative estimate of drug-likeness (QED) is 0.498. The van der Waals surface area contributed by atoms with Crippen molar-refractivity contribution in [2.75, 3.05) is 37.9 Å². The molecule has 3 rings (SSSR count). The number of aromatic nitrogens is 1. The van der Waals surface area contributed by atoms with Crippen molar-refractivity contribution in [3.8, 4) is 5.75 Å². The number of para-hydroxylation sites is 1. The van der Waals surface area contributed by atoms with E-state index in [0.717, 1.165) is 29.2 Å². The van der Waals surface area contributed by atoms with Crippen LogP contribution in [0.1, 0.15) is 11.1 Å². The molecule has 0 amide bonds. The lowest BCUT2D eigenvalue weighted by Gasteiger charge is -2.19. The van der Waals surface area contributed by atoms with Crippen molar-refractivity contribution in [2.45, 2.75) is 13.5 Å². The number of nitrogens with zero attached hydrogens (tertiary/aromatic N) is 2. The number of likely N-dealkylation sites (N-methyl/N-ethyl adjacent to an activating group) is 1. The number of pyridine rings is 1. The molecule has 0 aliphatic rings. The summed E-state index contributed by atoms with van der Waals surface area (Å²) in [5.74, 6) is 1.36. The molecule has 0 saturated heterocycles. The summed E-state index contributed by atoms with van der Waals surface area (Å²) in [6.45, 7) is 4.06. The third kappa shape index (κ3) is 6.11. The largest absolute Gasteiger partial charge is 0.488 e. The average Bonchev–Trinajstić information content (AvgIpc) is 2.70. The molecule has 0 unspecified atom stereocenters. The van der Waals surface area contributed by atoms with E-state index in [1.807, 2.05) is 63.5 Å². The zero-order chi connectivity index (χ0) is 20.6. The van der Waals surface area contributed by atoms with Gasteiger partial charge >= 0.3 is 0 Å². The van der Waals surface area contributed by atoms with Crippen LogP contribution in [0.3, 0.4) is 0 Å². The van der Waals surface area contributed by atoms with E-state index in [1.54, 1.807) is 6.20 Å². The SMILES string of the molecule is Cc1cnc(Nc2cccc(NCc3ccccc3)c2OCCN(C)C)c(Cl)c1. The molecule has 1 heterocycles. The second-order valence-electron chi connectivity index (χ2n) is 7.14. The minimum Gasteiger partial charge on any atom is -0.488 e. The number of anilines is 3. The highest BCUT2D eigenvalue weighted by molar-refractivity contribution is 6.33. The first-order chi connectivity index (χ1) is 14.0. The highest BCUT2D eigenvalue weighted by Gasteiger charge is 2.13. The summed E-state index contributed by atoms with van der Waals surface area (Å²) >= 11 is 6.37. The van der Waals surface area contributed by atoms with Crippen LogP contribution in [-0.4, -0.2) is 37.1 Å². The molecule has 6 heteroatoms. The molecular weight excluding hydrogens is 384 g/mol. The van der Waals surface area contributed by atoms with Crippen LogP contribution in [0.25, 0.3) is 0 Å². The van der Waals surface area contributed by atoms with Crippen LogP contribution in [0.15, 0.2) is 60.8 Å². The molecule has 0 bridgehead atoms. The smallest absolute Gasteiger partial charge is 0.165 e. The topological polar surface area (TPSA) is 49.4 Å². The van der Waals surface area contributed by atoms with Crippen LogP contribution in [0.2, 0.25) is 5.02 Å². The number of hydrogen-bond donors (Lipinski definition) is 2. The second kappa shape index (κ2) is 10.1. The van der Waals surface area contributed by atoms with Gasteiger partial charge in [-0.2, -0.15) is 0 Å². The van der Waals surface area contributed by atoms with Gasteiger partial charge in [-0.3, -0.25) is 0 Å². The van der Waals surface area contributed by atoms with E-state index in [4.69, 9.17) is 16.3 Å². The van der Waals surface area contributed by atoms with Gasteiger partial charge in [-0.15, -0.1) is 0 Å². The number of nitrogens with one attached hydrogen (secondary N) is 2. The zero-order valence-corrected chi connectivity index (χ0v) is 17.8. The van der Waals surface area contributed by atoms with Crippen LogP contribution in [0.5, 0.6) is 5.75 Å². The number of benzene rings is 2. The number of aryl methyl sites for hydroxylation is 1. The van der Waals surface area contributed by atoms with Gasteiger partial charge in [0, 0.05) is 19.3 Å². The van der Waals surface area contributed by atoms with Crippen molar-refractivity contribution < 1.29 is 4.74 Å². The first kappa shape index (κ1) is 21.0. The first-order valence-corrected chi connectivity index (χ1v) is 9.98. The van der Waals surface area contributed by atoms with Crippen LogP contribution in [0, 0.1) is 6.92 Å². The fourth-order valence-corrected chi connectivity index (χ4v) is 3.07. The molecular formula is C23H27ClN4O. The van der Waals surface area contributed by atoms with E-state index in [0.29, 0.717) is 24.0 Å². The van der Waals surface area contributed by atoms with Crippen molar-refractivity contribution >= 4 is 28.8 Å². The molecule has 2 N–H and O–H groups in total. The summed E-state index contributed by atoms with van der Waals surface area (Å²) in [5.41, 5.74) is 3.95. The van der Waals surface area contributed by atoms with E-state index in [9.17, 15) is 0 Å². The number of hydrogen-bond acceptors (Lipinski definition) is 5. The predicted octanol–water partition coefficient (Wildman–Crippen LogP) is 5.34. The molecule has 0 fully saturated rings. The summed E-state index contributed by atoms with van der Waals surface area (Å²) in [4.78, 5) is 6.51.